The van der Waals surface area contributed by atoms with Crippen LogP contribution in [0.4, 0.5) is 10.8 Å². The number of hydrogen-bond acceptors (Lipinski definition) is 7. The molecule has 0 aliphatic carbocycles. The lowest BCUT2D eigenvalue weighted by Gasteiger charge is -2.25. The minimum atomic E-state index is -0.563. The Morgan fingerprint density at radius 2 is 1.97 bits per heavy atom. The maximum Gasteiger partial charge on any atom is 0.245 e. The van der Waals surface area contributed by atoms with Crippen LogP contribution >= 0.6 is 11.3 Å². The average Bonchev–Trinajstić information content (AvgIpc) is 3.21. The number of aromatic nitrogens is 1. The normalized spacial score (nSPS) is 11.6. The number of rotatable bonds is 9. The molecule has 0 bridgehead atoms. The minimum absolute atomic E-state index is 0.107. The van der Waals surface area contributed by atoms with Crippen LogP contribution in [0, 0.1) is 0 Å². The average molecular weight is 428 g/mol. The van der Waals surface area contributed by atoms with Gasteiger partial charge in [0.15, 0.2) is 5.13 Å². The Balaban J connectivity index is 1.71. The topological polar surface area (TPSA) is 83.9 Å². The van der Waals surface area contributed by atoms with Gasteiger partial charge in [0.05, 0.1) is 32.6 Å². The van der Waals surface area contributed by atoms with E-state index in [1.54, 1.807) is 27.2 Å². The molecule has 1 atom stereocenters. The summed E-state index contributed by atoms with van der Waals surface area (Å²) in [6.45, 7) is 2.16. The summed E-state index contributed by atoms with van der Waals surface area (Å²) in [5.41, 5.74) is 2.39. The predicted molar refractivity (Wildman–Crippen MR) is 120 cm³/mol. The third kappa shape index (κ3) is 5.49. The van der Waals surface area contributed by atoms with Gasteiger partial charge in [0.2, 0.25) is 5.91 Å². The minimum Gasteiger partial charge on any atom is -0.497 e. The molecular formula is C22H25N3O4S. The first-order chi connectivity index (χ1) is 14.5. The van der Waals surface area contributed by atoms with Gasteiger partial charge in [0, 0.05) is 29.2 Å². The quantitative estimate of drug-likeness (QED) is 0.542. The summed E-state index contributed by atoms with van der Waals surface area (Å²) in [5, 5.41) is 15.0. The van der Waals surface area contributed by atoms with Crippen molar-refractivity contribution >= 4 is 28.1 Å². The van der Waals surface area contributed by atoms with Gasteiger partial charge in [-0.25, -0.2) is 4.98 Å². The van der Waals surface area contributed by atoms with Crippen LogP contribution < -0.4 is 19.7 Å². The maximum atomic E-state index is 12.6. The first-order valence-electron chi connectivity index (χ1n) is 9.46. The lowest BCUT2D eigenvalue weighted by atomic mass is 10.1. The van der Waals surface area contributed by atoms with Crippen LogP contribution in [-0.2, 0) is 4.79 Å². The first kappa shape index (κ1) is 21.6. The van der Waals surface area contributed by atoms with Crippen molar-refractivity contribution < 1.29 is 19.4 Å². The van der Waals surface area contributed by atoms with Crippen molar-refractivity contribution in [1.82, 2.24) is 4.98 Å². The molecule has 1 unspecified atom stereocenters. The Labute approximate surface area is 179 Å². The molecule has 0 saturated carbocycles. The van der Waals surface area contributed by atoms with Gasteiger partial charge < -0.3 is 24.8 Å². The number of benzene rings is 2. The van der Waals surface area contributed by atoms with Gasteiger partial charge in [-0.3, -0.25) is 4.79 Å². The summed E-state index contributed by atoms with van der Waals surface area (Å²) in [7, 11) is 3.19. The third-order valence-corrected chi connectivity index (χ3v) is 5.13. The van der Waals surface area contributed by atoms with Crippen LogP contribution in [-0.4, -0.2) is 49.4 Å². The van der Waals surface area contributed by atoms with E-state index < -0.39 is 6.10 Å². The molecule has 158 valence electrons. The van der Waals surface area contributed by atoms with Crippen LogP contribution in [0.2, 0.25) is 0 Å². The highest BCUT2D eigenvalue weighted by Gasteiger charge is 2.16. The molecular weight excluding hydrogens is 402 g/mol. The second kappa shape index (κ2) is 10.1. The summed E-state index contributed by atoms with van der Waals surface area (Å²) in [5.74, 6) is 1.13. The van der Waals surface area contributed by atoms with Crippen molar-refractivity contribution in [1.29, 1.82) is 0 Å². The van der Waals surface area contributed by atoms with Gasteiger partial charge in [-0.15, -0.1) is 11.3 Å². The molecule has 1 aromatic heterocycles. The predicted octanol–water partition coefficient (Wildman–Crippen LogP) is 3.65. The Hall–Kier alpha value is -3.10. The van der Waals surface area contributed by atoms with Crippen LogP contribution in [0.5, 0.6) is 11.5 Å². The second-order valence-corrected chi connectivity index (χ2v) is 7.58. The highest BCUT2D eigenvalue weighted by Crippen LogP contribution is 2.34. The van der Waals surface area contributed by atoms with E-state index in [2.05, 4.69) is 10.3 Å². The molecule has 0 fully saturated rings. The summed E-state index contributed by atoms with van der Waals surface area (Å²) in [6, 6.07) is 15.0. The van der Waals surface area contributed by atoms with Gasteiger partial charge in [-0.1, -0.05) is 18.2 Å². The second-order valence-electron chi connectivity index (χ2n) is 6.72. The van der Waals surface area contributed by atoms with E-state index in [9.17, 15) is 9.90 Å². The van der Waals surface area contributed by atoms with E-state index in [4.69, 9.17) is 9.47 Å². The van der Waals surface area contributed by atoms with E-state index in [1.165, 1.54) is 11.3 Å². The molecule has 3 aromatic rings. The summed E-state index contributed by atoms with van der Waals surface area (Å²) in [4.78, 5) is 19.0. The Kier molecular flexibility index (Phi) is 7.26. The van der Waals surface area contributed by atoms with Crippen LogP contribution in [0.3, 0.4) is 0 Å². The zero-order valence-corrected chi connectivity index (χ0v) is 18.0. The number of para-hydroxylation sites is 1. The largest absolute Gasteiger partial charge is 0.497 e. The van der Waals surface area contributed by atoms with Crippen molar-refractivity contribution in [3.05, 3.63) is 53.9 Å². The molecule has 0 spiro atoms. The number of amides is 1. The Morgan fingerprint density at radius 3 is 2.63 bits per heavy atom. The molecule has 0 aliphatic heterocycles. The highest BCUT2D eigenvalue weighted by atomic mass is 32.1. The number of nitrogens with one attached hydrogen (secondary N) is 1. The van der Waals surface area contributed by atoms with Gasteiger partial charge in [-0.05, 0) is 31.2 Å². The molecule has 0 saturated heterocycles. The lowest BCUT2D eigenvalue weighted by Crippen LogP contribution is -2.37. The number of thiazole rings is 1. The number of aliphatic hydroxyl groups excluding tert-OH is 1. The van der Waals surface area contributed by atoms with Crippen molar-refractivity contribution in [3.63, 3.8) is 0 Å². The lowest BCUT2D eigenvalue weighted by molar-refractivity contribution is -0.115. The number of anilines is 2. The van der Waals surface area contributed by atoms with Gasteiger partial charge >= 0.3 is 0 Å². The number of carbonyl (C=O) groups is 1. The van der Waals surface area contributed by atoms with Crippen LogP contribution in [0.1, 0.15) is 6.92 Å². The van der Waals surface area contributed by atoms with Crippen LogP contribution in [0.15, 0.2) is 53.9 Å². The number of aliphatic hydroxyl groups is 1. The molecule has 1 amide bonds. The zero-order valence-electron chi connectivity index (χ0n) is 17.2. The van der Waals surface area contributed by atoms with Gasteiger partial charge in [0.1, 0.15) is 11.5 Å². The number of ether oxygens (including phenoxy) is 2. The molecule has 7 nitrogen and oxygen atoms in total. The molecule has 1 heterocycles. The number of nitrogens with zero attached hydrogens (tertiary/aromatic N) is 2. The molecule has 2 aromatic carbocycles. The van der Waals surface area contributed by atoms with E-state index >= 15 is 0 Å². The molecule has 8 heteroatoms. The number of carbonyl (C=O) groups excluding carboxylic acids is 1. The highest BCUT2D eigenvalue weighted by molar-refractivity contribution is 7.14. The number of hydrogen-bond donors (Lipinski definition) is 2. The summed E-state index contributed by atoms with van der Waals surface area (Å²) < 4.78 is 10.7. The molecule has 30 heavy (non-hydrogen) atoms. The van der Waals surface area contributed by atoms with E-state index in [-0.39, 0.29) is 12.5 Å². The number of methoxy groups -OCH3 is 2. The fourth-order valence-corrected chi connectivity index (χ4v) is 3.74. The van der Waals surface area contributed by atoms with Crippen molar-refractivity contribution in [2.24, 2.45) is 0 Å². The fourth-order valence-electron chi connectivity index (χ4n) is 3.02. The third-order valence-electron chi connectivity index (χ3n) is 4.38. The molecule has 0 aliphatic rings. The van der Waals surface area contributed by atoms with Crippen molar-refractivity contribution in [2.45, 2.75) is 13.0 Å². The van der Waals surface area contributed by atoms with Gasteiger partial charge in [-0.2, -0.15) is 0 Å². The molecule has 2 N–H and O–H groups in total. The smallest absolute Gasteiger partial charge is 0.245 e. The first-order valence-corrected chi connectivity index (χ1v) is 10.3. The van der Waals surface area contributed by atoms with E-state index in [0.29, 0.717) is 28.9 Å². The van der Waals surface area contributed by atoms with Gasteiger partial charge in [0.25, 0.3) is 0 Å². The van der Waals surface area contributed by atoms with E-state index in [0.717, 1.165) is 11.3 Å². The van der Waals surface area contributed by atoms with E-state index in [1.807, 2.05) is 52.7 Å². The zero-order chi connectivity index (χ0) is 21.5. The Morgan fingerprint density at radius 1 is 1.20 bits per heavy atom. The monoisotopic (exact) mass is 427 g/mol. The SMILES string of the molecule is COc1ccc(-c2csc(NC(=O)CN(CC(C)O)c3ccccc3)n2)c(OC)c1. The maximum absolute atomic E-state index is 12.6. The standard InChI is InChI=1S/C22H25N3O4S/c1-15(26)12-25(16-7-5-4-6-8-16)13-21(27)24-22-23-19(14-30-22)18-10-9-17(28-2)11-20(18)29-3/h4-11,14-15,26H,12-13H2,1-3H3,(H,23,24,27). The van der Waals surface area contributed by atoms with Crippen LogP contribution in [0.25, 0.3) is 11.3 Å². The fraction of sp³-hybridized carbons (Fsp3) is 0.273. The summed E-state index contributed by atoms with van der Waals surface area (Å²) >= 11 is 1.34. The van der Waals surface area contributed by atoms with Crippen molar-refractivity contribution in [3.8, 4) is 22.8 Å². The Bertz CT molecular complexity index is 976. The van der Waals surface area contributed by atoms with Crippen molar-refractivity contribution in [2.75, 3.05) is 37.5 Å². The molecule has 0 radical (unpaired) electrons. The summed E-state index contributed by atoms with van der Waals surface area (Å²) in [6.07, 6.45) is -0.563. The molecule has 3 rings (SSSR count).